The number of halogens is 2. The lowest BCUT2D eigenvalue weighted by molar-refractivity contribution is -0.135. The van der Waals surface area contributed by atoms with Crippen LogP contribution in [0.2, 0.25) is 10.3 Å². The number of rotatable bonds is 3. The second-order valence-electron chi connectivity index (χ2n) is 3.71. The standard InChI is InChI=1S/C11H7Cl2N3O4/c12-5-2-1-4-7(15-5)10(13)16-8(9(4)19)11(20)14-3-6(17)18/h1-2,19H,3H2,(H,14,20)(H,17,18). The van der Waals surface area contributed by atoms with E-state index in [-0.39, 0.29) is 26.9 Å². The van der Waals surface area contributed by atoms with E-state index in [0.717, 1.165) is 0 Å². The number of amides is 1. The Balaban J connectivity index is 2.50. The maximum Gasteiger partial charge on any atom is 0.322 e. The summed E-state index contributed by atoms with van der Waals surface area (Å²) in [6.07, 6.45) is 0. The number of pyridine rings is 2. The third-order valence-corrected chi connectivity index (χ3v) is 2.84. The number of carboxylic acid groups (broad SMARTS) is 1. The summed E-state index contributed by atoms with van der Waals surface area (Å²) >= 11 is 11.6. The molecule has 7 nitrogen and oxygen atoms in total. The van der Waals surface area contributed by atoms with Crippen molar-refractivity contribution in [1.29, 1.82) is 0 Å². The summed E-state index contributed by atoms with van der Waals surface area (Å²) in [5.74, 6) is -2.53. The van der Waals surface area contributed by atoms with Gasteiger partial charge in [-0.05, 0) is 12.1 Å². The minimum atomic E-state index is -1.22. The van der Waals surface area contributed by atoms with Gasteiger partial charge in [-0.1, -0.05) is 23.2 Å². The highest BCUT2D eigenvalue weighted by atomic mass is 35.5. The predicted octanol–water partition coefficient (Wildman–Crippen LogP) is 1.46. The first-order valence-electron chi connectivity index (χ1n) is 5.25. The van der Waals surface area contributed by atoms with E-state index in [9.17, 15) is 14.7 Å². The lowest BCUT2D eigenvalue weighted by atomic mass is 10.2. The van der Waals surface area contributed by atoms with Gasteiger partial charge < -0.3 is 15.5 Å². The van der Waals surface area contributed by atoms with E-state index in [1.54, 1.807) is 0 Å². The molecule has 9 heteroatoms. The van der Waals surface area contributed by atoms with Crippen LogP contribution in [0.3, 0.4) is 0 Å². The number of aromatic hydroxyl groups is 1. The fourth-order valence-electron chi connectivity index (χ4n) is 1.51. The smallest absolute Gasteiger partial charge is 0.322 e. The van der Waals surface area contributed by atoms with Crippen LogP contribution in [-0.4, -0.2) is 38.6 Å². The molecule has 2 aromatic heterocycles. The average Bonchev–Trinajstić information content (AvgIpc) is 2.40. The van der Waals surface area contributed by atoms with Crippen molar-refractivity contribution in [2.75, 3.05) is 6.54 Å². The molecule has 1 amide bonds. The van der Waals surface area contributed by atoms with Crippen molar-refractivity contribution in [2.45, 2.75) is 0 Å². The minimum Gasteiger partial charge on any atom is -0.505 e. The first-order valence-corrected chi connectivity index (χ1v) is 6.00. The van der Waals surface area contributed by atoms with E-state index in [0.29, 0.717) is 0 Å². The van der Waals surface area contributed by atoms with Crippen LogP contribution in [0, 0.1) is 0 Å². The molecule has 0 aliphatic carbocycles. The highest BCUT2D eigenvalue weighted by Crippen LogP contribution is 2.31. The number of fused-ring (bicyclic) bond motifs is 1. The van der Waals surface area contributed by atoms with Crippen molar-refractivity contribution in [2.24, 2.45) is 0 Å². The molecule has 20 heavy (non-hydrogen) atoms. The second kappa shape index (κ2) is 5.48. The topological polar surface area (TPSA) is 112 Å². The van der Waals surface area contributed by atoms with Gasteiger partial charge in [-0.3, -0.25) is 9.59 Å². The number of hydrogen-bond donors (Lipinski definition) is 3. The van der Waals surface area contributed by atoms with E-state index >= 15 is 0 Å². The van der Waals surface area contributed by atoms with Crippen LogP contribution in [0.15, 0.2) is 12.1 Å². The van der Waals surface area contributed by atoms with Crippen molar-refractivity contribution >= 4 is 46.0 Å². The van der Waals surface area contributed by atoms with Gasteiger partial charge in [-0.2, -0.15) is 0 Å². The number of aliphatic carboxylic acids is 1. The molecule has 2 rings (SSSR count). The molecule has 0 aliphatic rings. The third-order valence-electron chi connectivity index (χ3n) is 2.36. The van der Waals surface area contributed by atoms with Gasteiger partial charge in [0, 0.05) is 5.39 Å². The van der Waals surface area contributed by atoms with Gasteiger partial charge in [0.1, 0.15) is 17.2 Å². The van der Waals surface area contributed by atoms with E-state index in [4.69, 9.17) is 28.3 Å². The quantitative estimate of drug-likeness (QED) is 0.739. The molecule has 0 fully saturated rings. The first-order chi connectivity index (χ1) is 9.40. The van der Waals surface area contributed by atoms with Gasteiger partial charge in [0.25, 0.3) is 5.91 Å². The van der Waals surface area contributed by atoms with Gasteiger partial charge >= 0.3 is 5.97 Å². The molecule has 3 N–H and O–H groups in total. The van der Waals surface area contributed by atoms with Crippen molar-refractivity contribution < 1.29 is 19.8 Å². The Kier molecular flexibility index (Phi) is 3.91. The number of nitrogens with one attached hydrogen (secondary N) is 1. The molecule has 0 spiro atoms. The zero-order valence-corrected chi connectivity index (χ0v) is 11.2. The van der Waals surface area contributed by atoms with Crippen molar-refractivity contribution in [3.63, 3.8) is 0 Å². The predicted molar refractivity (Wildman–Crippen MR) is 71.2 cm³/mol. The SMILES string of the molecule is O=C(O)CNC(=O)c1nc(Cl)c2nc(Cl)ccc2c1O. The number of carboxylic acids is 1. The minimum absolute atomic E-state index is 0.124. The number of hydrogen-bond acceptors (Lipinski definition) is 5. The van der Waals surface area contributed by atoms with E-state index in [1.807, 2.05) is 0 Å². The normalized spacial score (nSPS) is 10.5. The van der Waals surface area contributed by atoms with Crippen molar-refractivity contribution in [3.05, 3.63) is 28.1 Å². The molecular weight excluding hydrogens is 309 g/mol. The summed E-state index contributed by atoms with van der Waals surface area (Å²) < 4.78 is 0. The van der Waals surface area contributed by atoms with E-state index in [1.165, 1.54) is 12.1 Å². The molecule has 0 saturated carbocycles. The molecule has 0 atom stereocenters. The molecule has 0 bridgehead atoms. The van der Waals surface area contributed by atoms with Gasteiger partial charge in [0.05, 0.1) is 0 Å². The number of nitrogens with zero attached hydrogens (tertiary/aromatic N) is 2. The average molecular weight is 316 g/mol. The monoisotopic (exact) mass is 315 g/mol. The fourth-order valence-corrected chi connectivity index (χ4v) is 1.89. The molecule has 0 aliphatic heterocycles. The molecule has 2 aromatic rings. The van der Waals surface area contributed by atoms with Crippen LogP contribution < -0.4 is 5.32 Å². The summed E-state index contributed by atoms with van der Waals surface area (Å²) in [6, 6.07) is 2.85. The summed E-state index contributed by atoms with van der Waals surface area (Å²) in [6.45, 7) is -0.603. The third kappa shape index (κ3) is 2.73. The number of carbonyl (C=O) groups is 2. The molecule has 0 saturated heterocycles. The zero-order chi connectivity index (χ0) is 14.9. The van der Waals surface area contributed by atoms with Crippen molar-refractivity contribution in [1.82, 2.24) is 15.3 Å². The highest BCUT2D eigenvalue weighted by Gasteiger charge is 2.19. The lowest BCUT2D eigenvalue weighted by Crippen LogP contribution is -2.30. The van der Waals surface area contributed by atoms with Gasteiger partial charge in [-0.25, -0.2) is 9.97 Å². The summed E-state index contributed by atoms with van der Waals surface area (Å²) in [4.78, 5) is 29.7. The molecule has 2 heterocycles. The number of carbonyl (C=O) groups excluding carboxylic acids is 1. The Morgan fingerprint density at radius 3 is 2.60 bits per heavy atom. The van der Waals surface area contributed by atoms with Crippen LogP contribution in [0.5, 0.6) is 5.75 Å². The Hall–Kier alpha value is -2.12. The maximum atomic E-state index is 11.7. The molecule has 0 aromatic carbocycles. The van der Waals surface area contributed by atoms with Crippen molar-refractivity contribution in [3.8, 4) is 5.75 Å². The largest absolute Gasteiger partial charge is 0.505 e. The molecule has 0 radical (unpaired) electrons. The summed E-state index contributed by atoms with van der Waals surface area (Å²) in [5, 5.41) is 20.8. The molecule has 0 unspecified atom stereocenters. The Morgan fingerprint density at radius 2 is 1.95 bits per heavy atom. The summed E-state index contributed by atoms with van der Waals surface area (Å²) in [7, 11) is 0. The van der Waals surface area contributed by atoms with Gasteiger partial charge in [0.2, 0.25) is 0 Å². The second-order valence-corrected chi connectivity index (χ2v) is 4.45. The van der Waals surface area contributed by atoms with Crippen LogP contribution in [0.1, 0.15) is 10.5 Å². The Bertz CT molecular complexity index is 720. The Morgan fingerprint density at radius 1 is 1.25 bits per heavy atom. The summed E-state index contributed by atoms with van der Waals surface area (Å²) in [5.41, 5.74) is -0.237. The van der Waals surface area contributed by atoms with E-state index < -0.39 is 24.2 Å². The molecule has 104 valence electrons. The molecular formula is C11H7Cl2N3O4. The van der Waals surface area contributed by atoms with Gasteiger partial charge in [-0.15, -0.1) is 0 Å². The Labute approximate surface area is 122 Å². The lowest BCUT2D eigenvalue weighted by Gasteiger charge is -2.08. The van der Waals surface area contributed by atoms with Crippen LogP contribution in [0.4, 0.5) is 0 Å². The van der Waals surface area contributed by atoms with Crippen LogP contribution in [0.25, 0.3) is 10.9 Å². The van der Waals surface area contributed by atoms with E-state index in [2.05, 4.69) is 15.3 Å². The number of aromatic nitrogens is 2. The maximum absolute atomic E-state index is 11.7. The highest BCUT2D eigenvalue weighted by molar-refractivity contribution is 6.35. The fraction of sp³-hybridized carbons (Fsp3) is 0.0909. The van der Waals surface area contributed by atoms with Gasteiger partial charge in [0.15, 0.2) is 16.6 Å². The van der Waals surface area contributed by atoms with Crippen LogP contribution in [-0.2, 0) is 4.79 Å². The first kappa shape index (κ1) is 14.3. The van der Waals surface area contributed by atoms with Crippen LogP contribution >= 0.6 is 23.2 Å². The zero-order valence-electron chi connectivity index (χ0n) is 9.72.